The molecule has 2 aromatic carbocycles. The molecule has 0 fully saturated rings. The van der Waals surface area contributed by atoms with E-state index in [9.17, 15) is 10.2 Å². The van der Waals surface area contributed by atoms with Gasteiger partial charge in [-0.05, 0) is 49.8 Å². The Bertz CT molecular complexity index is 754. The zero-order chi connectivity index (χ0) is 18.4. The summed E-state index contributed by atoms with van der Waals surface area (Å²) in [7, 11) is 7.07. The molecule has 0 amide bonds. The van der Waals surface area contributed by atoms with E-state index in [0.29, 0.717) is 11.5 Å². The number of hydrogen-bond acceptors (Lipinski definition) is 5. The van der Waals surface area contributed by atoms with E-state index >= 15 is 0 Å². The minimum Gasteiger partial charge on any atom is -0.504 e. The highest BCUT2D eigenvalue weighted by Crippen LogP contribution is 2.34. The Hall–Kier alpha value is -2.66. The lowest BCUT2D eigenvalue weighted by Crippen LogP contribution is -2.15. The summed E-state index contributed by atoms with van der Waals surface area (Å²) in [5.74, 6) is 1.05. The second-order valence-corrected chi connectivity index (χ2v) is 6.01. The number of methoxy groups -OCH3 is 2. The van der Waals surface area contributed by atoms with Crippen LogP contribution in [0, 0.1) is 0 Å². The SMILES string of the molecule is COc1ccc(C=Cc2c(CCN(C)C)ccc(OC)c2O)cc1O. The summed E-state index contributed by atoms with van der Waals surface area (Å²) < 4.78 is 10.3. The van der Waals surface area contributed by atoms with Gasteiger partial charge in [0, 0.05) is 12.1 Å². The van der Waals surface area contributed by atoms with Crippen molar-refractivity contribution in [3.05, 3.63) is 47.0 Å². The predicted molar refractivity (Wildman–Crippen MR) is 101 cm³/mol. The van der Waals surface area contributed by atoms with Gasteiger partial charge in [-0.25, -0.2) is 0 Å². The van der Waals surface area contributed by atoms with Crippen molar-refractivity contribution in [2.75, 3.05) is 34.9 Å². The third kappa shape index (κ3) is 4.67. The molecule has 2 aromatic rings. The van der Waals surface area contributed by atoms with Crippen LogP contribution in [0.1, 0.15) is 16.7 Å². The third-order valence-corrected chi connectivity index (χ3v) is 3.96. The fourth-order valence-electron chi connectivity index (χ4n) is 2.53. The van der Waals surface area contributed by atoms with E-state index in [2.05, 4.69) is 4.90 Å². The first-order valence-electron chi connectivity index (χ1n) is 8.05. The van der Waals surface area contributed by atoms with Crippen molar-refractivity contribution in [3.63, 3.8) is 0 Å². The van der Waals surface area contributed by atoms with E-state index in [1.165, 1.54) is 14.2 Å². The van der Waals surface area contributed by atoms with Crippen LogP contribution in [0.2, 0.25) is 0 Å². The molecule has 0 heterocycles. The lowest BCUT2D eigenvalue weighted by atomic mass is 10.0. The maximum atomic E-state index is 10.5. The zero-order valence-electron chi connectivity index (χ0n) is 15.1. The molecule has 0 unspecified atom stereocenters. The van der Waals surface area contributed by atoms with Gasteiger partial charge in [-0.1, -0.05) is 24.3 Å². The normalized spacial score (nSPS) is 11.2. The molecular weight excluding hydrogens is 318 g/mol. The third-order valence-electron chi connectivity index (χ3n) is 3.96. The average molecular weight is 343 g/mol. The van der Waals surface area contributed by atoms with Crippen molar-refractivity contribution >= 4 is 12.2 Å². The van der Waals surface area contributed by atoms with Crippen LogP contribution in [-0.4, -0.2) is 50.0 Å². The summed E-state index contributed by atoms with van der Waals surface area (Å²) in [4.78, 5) is 2.09. The minimum atomic E-state index is 0.0762. The first-order valence-corrected chi connectivity index (χ1v) is 8.05. The maximum absolute atomic E-state index is 10.5. The number of likely N-dealkylation sites (N-methyl/N-ethyl adjacent to an activating group) is 1. The largest absolute Gasteiger partial charge is 0.504 e. The molecule has 0 radical (unpaired) electrons. The van der Waals surface area contributed by atoms with Gasteiger partial charge < -0.3 is 24.6 Å². The zero-order valence-corrected chi connectivity index (χ0v) is 15.1. The molecule has 2 N–H and O–H groups in total. The van der Waals surface area contributed by atoms with Crippen LogP contribution in [0.4, 0.5) is 0 Å². The second-order valence-electron chi connectivity index (χ2n) is 6.01. The van der Waals surface area contributed by atoms with Crippen molar-refractivity contribution < 1.29 is 19.7 Å². The molecule has 0 aliphatic carbocycles. The molecule has 0 aliphatic heterocycles. The number of nitrogens with zero attached hydrogens (tertiary/aromatic N) is 1. The Kier molecular flexibility index (Phi) is 6.31. The molecule has 25 heavy (non-hydrogen) atoms. The van der Waals surface area contributed by atoms with Crippen molar-refractivity contribution in [2.45, 2.75) is 6.42 Å². The summed E-state index contributed by atoms with van der Waals surface area (Å²) in [5, 5.41) is 20.4. The number of phenols is 2. The molecule has 2 rings (SSSR count). The number of rotatable bonds is 7. The average Bonchev–Trinajstić information content (AvgIpc) is 2.59. The van der Waals surface area contributed by atoms with Crippen LogP contribution in [0.3, 0.4) is 0 Å². The van der Waals surface area contributed by atoms with Gasteiger partial charge in [0.25, 0.3) is 0 Å². The molecule has 134 valence electrons. The predicted octanol–water partition coefficient (Wildman–Crippen LogP) is 3.39. The summed E-state index contributed by atoms with van der Waals surface area (Å²) in [6.07, 6.45) is 4.48. The van der Waals surface area contributed by atoms with Crippen LogP contribution in [0.15, 0.2) is 30.3 Å². The Balaban J connectivity index is 2.36. The van der Waals surface area contributed by atoms with Gasteiger partial charge >= 0.3 is 0 Å². The smallest absolute Gasteiger partial charge is 0.165 e. The Morgan fingerprint density at radius 1 is 0.960 bits per heavy atom. The minimum absolute atomic E-state index is 0.0762. The lowest BCUT2D eigenvalue weighted by molar-refractivity contribution is 0.371. The number of benzene rings is 2. The van der Waals surface area contributed by atoms with E-state index in [0.717, 1.165) is 29.7 Å². The molecule has 0 aromatic heterocycles. The molecular formula is C20H25NO4. The number of aromatic hydroxyl groups is 2. The molecule has 0 saturated carbocycles. The highest BCUT2D eigenvalue weighted by atomic mass is 16.5. The number of ether oxygens (including phenoxy) is 2. The van der Waals surface area contributed by atoms with E-state index in [-0.39, 0.29) is 11.5 Å². The highest BCUT2D eigenvalue weighted by molar-refractivity contribution is 5.76. The van der Waals surface area contributed by atoms with Crippen molar-refractivity contribution in [1.82, 2.24) is 4.90 Å². The molecule has 0 bridgehead atoms. The van der Waals surface area contributed by atoms with Gasteiger partial charge in [0.1, 0.15) is 0 Å². The molecule has 0 saturated heterocycles. The van der Waals surface area contributed by atoms with Crippen molar-refractivity contribution in [3.8, 4) is 23.0 Å². The Labute approximate surface area is 148 Å². The summed E-state index contributed by atoms with van der Waals surface area (Å²) in [6, 6.07) is 8.90. The molecule has 0 spiro atoms. The summed E-state index contributed by atoms with van der Waals surface area (Å²) in [6.45, 7) is 0.871. The van der Waals surface area contributed by atoms with Crippen LogP contribution in [0.25, 0.3) is 12.2 Å². The molecule has 5 heteroatoms. The van der Waals surface area contributed by atoms with Crippen LogP contribution in [0.5, 0.6) is 23.0 Å². The van der Waals surface area contributed by atoms with E-state index in [1.54, 1.807) is 18.2 Å². The van der Waals surface area contributed by atoms with Crippen LogP contribution >= 0.6 is 0 Å². The summed E-state index contributed by atoms with van der Waals surface area (Å²) >= 11 is 0. The quantitative estimate of drug-likeness (QED) is 0.755. The Morgan fingerprint density at radius 2 is 1.64 bits per heavy atom. The highest BCUT2D eigenvalue weighted by Gasteiger charge is 2.11. The summed E-state index contributed by atoms with van der Waals surface area (Å²) in [5.41, 5.74) is 2.55. The molecule has 0 aliphatic rings. The number of hydrogen-bond donors (Lipinski definition) is 2. The fraction of sp³-hybridized carbons (Fsp3) is 0.300. The van der Waals surface area contributed by atoms with E-state index < -0.39 is 0 Å². The Morgan fingerprint density at radius 3 is 2.24 bits per heavy atom. The van der Waals surface area contributed by atoms with Crippen LogP contribution in [-0.2, 0) is 6.42 Å². The first kappa shape index (κ1) is 18.7. The lowest BCUT2D eigenvalue weighted by Gasteiger charge is -2.14. The van der Waals surface area contributed by atoms with Crippen molar-refractivity contribution in [2.24, 2.45) is 0 Å². The number of phenolic OH excluding ortho intramolecular Hbond substituents is 2. The van der Waals surface area contributed by atoms with Crippen molar-refractivity contribution in [1.29, 1.82) is 0 Å². The second kappa shape index (κ2) is 8.44. The van der Waals surface area contributed by atoms with Gasteiger partial charge in [-0.2, -0.15) is 0 Å². The van der Waals surface area contributed by atoms with Gasteiger partial charge in [0.05, 0.1) is 14.2 Å². The van der Waals surface area contributed by atoms with Crippen LogP contribution < -0.4 is 9.47 Å². The maximum Gasteiger partial charge on any atom is 0.165 e. The van der Waals surface area contributed by atoms with E-state index in [4.69, 9.17) is 9.47 Å². The van der Waals surface area contributed by atoms with E-state index in [1.807, 2.05) is 38.4 Å². The molecule has 5 nitrogen and oxygen atoms in total. The monoisotopic (exact) mass is 343 g/mol. The van der Waals surface area contributed by atoms with Gasteiger partial charge in [-0.15, -0.1) is 0 Å². The first-order chi connectivity index (χ1) is 12.0. The molecule has 0 atom stereocenters. The topological polar surface area (TPSA) is 62.2 Å². The van der Waals surface area contributed by atoms with Gasteiger partial charge in [0.15, 0.2) is 23.0 Å². The van der Waals surface area contributed by atoms with Gasteiger partial charge in [0.2, 0.25) is 0 Å². The standard InChI is InChI=1S/C20H25NO4/c1-21(2)12-11-15-7-10-19(25-4)20(23)16(15)8-5-14-6-9-18(24-3)17(22)13-14/h5-10,13,22-23H,11-12H2,1-4H3. The fourth-order valence-corrected chi connectivity index (χ4v) is 2.53. The van der Waals surface area contributed by atoms with Gasteiger partial charge in [-0.3, -0.25) is 0 Å².